The zero-order valence-corrected chi connectivity index (χ0v) is 7.52. The van der Waals surface area contributed by atoms with Gasteiger partial charge >= 0.3 is 17.9 Å². The van der Waals surface area contributed by atoms with Crippen LogP contribution in [0.3, 0.4) is 0 Å². The zero-order valence-electron chi connectivity index (χ0n) is 6.37. The van der Waals surface area contributed by atoms with Crippen LogP contribution in [0.2, 0.25) is 0 Å². The average molecular weight is 235 g/mol. The van der Waals surface area contributed by atoms with Crippen molar-refractivity contribution in [2.45, 2.75) is 12.1 Å². The molecule has 14 heavy (non-hydrogen) atoms. The summed E-state index contributed by atoms with van der Waals surface area (Å²) in [4.78, 5) is 19.7. The Morgan fingerprint density at radius 1 is 1.00 bits per heavy atom. The van der Waals surface area contributed by atoms with Gasteiger partial charge in [0, 0.05) is 17.4 Å². The molecule has 0 aliphatic rings. The molecule has 0 heterocycles. The van der Waals surface area contributed by atoms with E-state index in [0.717, 1.165) is 0 Å². The van der Waals surface area contributed by atoms with E-state index in [1.54, 1.807) is 0 Å². The van der Waals surface area contributed by atoms with Crippen molar-refractivity contribution in [2.75, 3.05) is 6.67 Å². The van der Waals surface area contributed by atoms with Gasteiger partial charge in [-0.05, 0) is 0 Å². The second-order valence-corrected chi connectivity index (χ2v) is 1.96. The summed E-state index contributed by atoms with van der Waals surface area (Å²) < 4.78 is 69.4. The number of alkyl halides is 6. The molecule has 0 spiro atoms. The van der Waals surface area contributed by atoms with Crippen LogP contribution in [-0.4, -0.2) is 47.7 Å². The molecule has 0 amide bonds. The second-order valence-electron chi connectivity index (χ2n) is 1.96. The van der Waals surface area contributed by atoms with Gasteiger partial charge in [-0.3, -0.25) is 9.59 Å². The third-order valence-electron chi connectivity index (χ3n) is 1.01. The lowest BCUT2D eigenvalue weighted by Crippen LogP contribution is -2.46. The highest BCUT2D eigenvalue weighted by Crippen LogP contribution is 2.28. The van der Waals surface area contributed by atoms with Crippen LogP contribution in [0.15, 0.2) is 0 Å². The smallest absolute Gasteiger partial charge is 0.289 e. The second kappa shape index (κ2) is 4.80. The molecule has 0 aliphatic carbocycles. The van der Waals surface area contributed by atoms with Crippen LogP contribution in [0, 0.1) is 0 Å². The van der Waals surface area contributed by atoms with E-state index in [1.165, 1.54) is 0 Å². The van der Waals surface area contributed by atoms with Gasteiger partial charge in [-0.15, -0.1) is 0 Å². The number of hydrogen-bond donors (Lipinski definition) is 0. The van der Waals surface area contributed by atoms with Crippen LogP contribution in [0.25, 0.3) is 0 Å². The standard InChI is InChI=1S/C5H2F6O2.Al/c6-1-2(12)4(7,8)3(13)5(9,10)11;/h1H2;. The van der Waals surface area contributed by atoms with E-state index in [4.69, 9.17) is 0 Å². The maximum atomic E-state index is 12.0. The van der Waals surface area contributed by atoms with Crippen molar-refractivity contribution in [2.24, 2.45) is 0 Å². The lowest BCUT2D eigenvalue weighted by molar-refractivity contribution is -0.196. The maximum Gasteiger partial charge on any atom is 0.456 e. The molecule has 0 atom stereocenters. The number of Topliss-reactive ketones (excluding diaryl/α,β-unsaturated/α-hetero) is 2. The number of carbonyl (C=O) groups excluding carboxylic acids is 2. The number of halogens is 6. The molecule has 3 radical (unpaired) electrons. The third kappa shape index (κ3) is 3.31. The molecule has 0 rings (SSSR count). The van der Waals surface area contributed by atoms with Crippen LogP contribution in [-0.2, 0) is 9.59 Å². The molecule has 0 unspecified atom stereocenters. The van der Waals surface area contributed by atoms with E-state index >= 15 is 0 Å². The summed E-state index contributed by atoms with van der Waals surface area (Å²) in [5.74, 6) is -11.6. The van der Waals surface area contributed by atoms with E-state index in [-0.39, 0.29) is 17.4 Å². The van der Waals surface area contributed by atoms with Gasteiger partial charge in [0.15, 0.2) is 6.67 Å². The van der Waals surface area contributed by atoms with Crippen molar-refractivity contribution in [3.8, 4) is 0 Å². The van der Waals surface area contributed by atoms with E-state index in [1.807, 2.05) is 0 Å². The lowest BCUT2D eigenvalue weighted by atomic mass is 10.1. The van der Waals surface area contributed by atoms with Gasteiger partial charge < -0.3 is 0 Å². The van der Waals surface area contributed by atoms with Crippen molar-refractivity contribution in [1.29, 1.82) is 0 Å². The zero-order chi connectivity index (χ0) is 10.9. The van der Waals surface area contributed by atoms with Crippen molar-refractivity contribution < 1.29 is 35.9 Å². The van der Waals surface area contributed by atoms with Crippen LogP contribution >= 0.6 is 0 Å². The van der Waals surface area contributed by atoms with Crippen molar-refractivity contribution in [3.05, 3.63) is 0 Å². The molecule has 9 heteroatoms. The first-order valence-electron chi connectivity index (χ1n) is 2.72. The predicted molar refractivity (Wildman–Crippen MR) is 32.7 cm³/mol. The average Bonchev–Trinajstić information content (AvgIpc) is 1.99. The number of hydrogen-bond acceptors (Lipinski definition) is 2. The van der Waals surface area contributed by atoms with Gasteiger partial charge in [-0.1, -0.05) is 0 Å². The number of carbonyl (C=O) groups is 2. The Kier molecular flexibility index (Phi) is 5.45. The van der Waals surface area contributed by atoms with Crippen LogP contribution < -0.4 is 0 Å². The van der Waals surface area contributed by atoms with E-state index in [9.17, 15) is 35.9 Å². The van der Waals surface area contributed by atoms with Crippen LogP contribution in [0.5, 0.6) is 0 Å². The summed E-state index contributed by atoms with van der Waals surface area (Å²) in [6.45, 7) is -2.32. The molecule has 0 aromatic heterocycles. The predicted octanol–water partition coefficient (Wildman–Crippen LogP) is 0.911. The highest BCUT2D eigenvalue weighted by molar-refractivity contribution is 6.11. The Labute approximate surface area is 84.4 Å². The summed E-state index contributed by atoms with van der Waals surface area (Å²) >= 11 is 0. The molecule has 0 saturated carbocycles. The third-order valence-corrected chi connectivity index (χ3v) is 1.01. The Balaban J connectivity index is 0. The van der Waals surface area contributed by atoms with Gasteiger partial charge in [0.25, 0.3) is 0 Å². The molecule has 0 fully saturated rings. The molecular formula is C5H2AlF6O2. The van der Waals surface area contributed by atoms with Gasteiger partial charge in [-0.25, -0.2) is 4.39 Å². The highest BCUT2D eigenvalue weighted by atomic mass is 27.0. The van der Waals surface area contributed by atoms with Gasteiger partial charge in [0.2, 0.25) is 5.78 Å². The molecular weight excluding hydrogens is 233 g/mol. The maximum absolute atomic E-state index is 12.0. The summed E-state index contributed by atoms with van der Waals surface area (Å²) in [5.41, 5.74) is 0. The van der Waals surface area contributed by atoms with E-state index in [2.05, 4.69) is 0 Å². The van der Waals surface area contributed by atoms with Crippen molar-refractivity contribution >= 4 is 28.9 Å². The highest BCUT2D eigenvalue weighted by Gasteiger charge is 2.59. The summed E-state index contributed by atoms with van der Waals surface area (Å²) in [7, 11) is 0. The van der Waals surface area contributed by atoms with Crippen molar-refractivity contribution in [1.82, 2.24) is 0 Å². The largest absolute Gasteiger partial charge is 0.456 e. The van der Waals surface area contributed by atoms with Crippen LogP contribution in [0.4, 0.5) is 26.3 Å². The Bertz CT molecular complexity index is 235. The van der Waals surface area contributed by atoms with Crippen molar-refractivity contribution in [3.63, 3.8) is 0 Å². The normalized spacial score (nSPS) is 11.9. The summed E-state index contributed by atoms with van der Waals surface area (Å²) in [6, 6.07) is 0. The Morgan fingerprint density at radius 2 is 1.36 bits per heavy atom. The van der Waals surface area contributed by atoms with Crippen LogP contribution in [0.1, 0.15) is 0 Å². The fraction of sp³-hybridized carbons (Fsp3) is 0.600. The first-order valence-corrected chi connectivity index (χ1v) is 2.72. The molecule has 0 bridgehead atoms. The SMILES string of the molecule is O=C(CF)C(F)(F)C(=O)C(F)(F)F.[Al]. The minimum absolute atomic E-state index is 0. The monoisotopic (exact) mass is 235 g/mol. The minimum atomic E-state index is -5.85. The quantitative estimate of drug-likeness (QED) is 0.414. The fourth-order valence-corrected chi connectivity index (χ4v) is 0.389. The first-order chi connectivity index (χ1) is 5.64. The van der Waals surface area contributed by atoms with Gasteiger partial charge in [-0.2, -0.15) is 22.0 Å². The summed E-state index contributed by atoms with van der Waals surface area (Å²) in [5, 5.41) is 0. The molecule has 0 N–H and O–H groups in total. The molecule has 0 aromatic carbocycles. The van der Waals surface area contributed by atoms with E-state index in [0.29, 0.717) is 0 Å². The molecule has 0 aromatic rings. The summed E-state index contributed by atoms with van der Waals surface area (Å²) in [6.07, 6.45) is -5.85. The minimum Gasteiger partial charge on any atom is -0.289 e. The first kappa shape index (κ1) is 15.9. The van der Waals surface area contributed by atoms with Gasteiger partial charge in [0.05, 0.1) is 0 Å². The Hall–Kier alpha value is -0.548. The molecule has 2 nitrogen and oxygen atoms in total. The molecule has 0 saturated heterocycles. The number of ketones is 2. The Morgan fingerprint density at radius 3 is 1.57 bits per heavy atom. The lowest BCUT2D eigenvalue weighted by Gasteiger charge is -2.13. The number of rotatable bonds is 3. The molecule has 0 aliphatic heterocycles. The fourth-order valence-electron chi connectivity index (χ4n) is 0.389. The van der Waals surface area contributed by atoms with Gasteiger partial charge in [0.1, 0.15) is 0 Å². The van der Waals surface area contributed by atoms with E-state index < -0.39 is 30.3 Å². The topological polar surface area (TPSA) is 34.1 Å². The molecule has 79 valence electrons.